The van der Waals surface area contributed by atoms with Crippen LogP contribution < -0.4 is 15.6 Å². The molecule has 6 fully saturated rings. The fraction of sp³-hybridized carbons (Fsp3) is 0.655. The van der Waals surface area contributed by atoms with Crippen molar-refractivity contribution < 1.29 is 42.8 Å². The maximum absolute atomic E-state index is 15.1. The first-order valence-corrected chi connectivity index (χ1v) is 28.1. The monoisotopic (exact) mass is 1040 g/mol. The summed E-state index contributed by atoms with van der Waals surface area (Å²) >= 11 is 1.48. The Morgan fingerprint density at radius 3 is 2.49 bits per heavy atom. The van der Waals surface area contributed by atoms with Crippen LogP contribution >= 0.6 is 11.3 Å². The van der Waals surface area contributed by atoms with Gasteiger partial charge in [-0.15, -0.1) is 11.3 Å². The first-order chi connectivity index (χ1) is 35.9. The number of thiazole rings is 1. The summed E-state index contributed by atoms with van der Waals surface area (Å²) in [7, 11) is 1.74. The van der Waals surface area contributed by atoms with Crippen LogP contribution in [0.15, 0.2) is 35.8 Å². The minimum atomic E-state index is -1.05. The van der Waals surface area contributed by atoms with E-state index in [0.29, 0.717) is 89.9 Å². The molecule has 2 N–H and O–H groups in total. The number of nitrogens with one attached hydrogen (secondary N) is 2. The zero-order valence-corrected chi connectivity index (χ0v) is 44.7. The SMILES string of the molecule is CO[C@@H](C)c1ncc(N2CCN(C3CC3)CC2)cc1-c1c2c3cc(ccc3n1CCOC1CCOCC1)-c1csc(n1)[C@@H](N1CCOCC1)[C@H](NC(=O)[C@@H]1C[C@H](C)O1)C(=O)N1CCC[C@H](N1)C(=O)OCC(C)(C)C2. The maximum atomic E-state index is 15.1. The summed E-state index contributed by atoms with van der Waals surface area (Å²) in [5.41, 5.74) is 10.5. The zero-order chi connectivity index (χ0) is 51.1. The van der Waals surface area contributed by atoms with Gasteiger partial charge in [-0.25, -0.2) is 10.4 Å². The Bertz CT molecular complexity index is 2650. The number of carbonyl (C=O) groups is 3. The molecule has 6 bridgehead atoms. The Morgan fingerprint density at radius 1 is 0.973 bits per heavy atom. The van der Waals surface area contributed by atoms with E-state index in [9.17, 15) is 9.59 Å². The molecule has 0 unspecified atom stereocenters. The second kappa shape index (κ2) is 22.2. The number of anilines is 1. The number of nitrogens with zero attached hydrogens (tertiary/aromatic N) is 7. The third-order valence-electron chi connectivity index (χ3n) is 16.3. The first-order valence-electron chi connectivity index (χ1n) is 27.3. The van der Waals surface area contributed by atoms with Crippen molar-refractivity contribution in [1.29, 1.82) is 0 Å². The maximum Gasteiger partial charge on any atom is 0.324 e. The van der Waals surface area contributed by atoms with E-state index in [1.54, 1.807) is 7.11 Å². The molecule has 3 aromatic heterocycles. The Hall–Kier alpha value is -4.57. The topological polar surface area (TPSA) is 174 Å². The molecule has 7 aliphatic rings. The lowest BCUT2D eigenvalue weighted by Crippen LogP contribution is -2.64. The second-order valence-corrected chi connectivity index (χ2v) is 23.1. The van der Waals surface area contributed by atoms with E-state index in [-0.39, 0.29) is 36.7 Å². The quantitative estimate of drug-likeness (QED) is 0.166. The Labute approximate surface area is 438 Å². The predicted molar refractivity (Wildman–Crippen MR) is 281 cm³/mol. The van der Waals surface area contributed by atoms with Crippen LogP contribution in [0.5, 0.6) is 0 Å². The Kier molecular flexibility index (Phi) is 15.4. The fourth-order valence-corrected chi connectivity index (χ4v) is 12.9. The minimum Gasteiger partial charge on any atom is -0.464 e. The van der Waals surface area contributed by atoms with E-state index in [1.807, 2.05) is 13.1 Å². The molecule has 400 valence electrons. The number of amides is 2. The Balaban J connectivity index is 1.06. The number of hydrazine groups is 1. The van der Waals surface area contributed by atoms with Gasteiger partial charge in [0.05, 0.1) is 79.7 Å². The van der Waals surface area contributed by atoms with Gasteiger partial charge in [0, 0.05) is 118 Å². The average molecular weight is 1040 g/mol. The third kappa shape index (κ3) is 11.0. The van der Waals surface area contributed by atoms with E-state index in [1.165, 1.54) is 29.2 Å². The highest BCUT2D eigenvalue weighted by molar-refractivity contribution is 7.10. The summed E-state index contributed by atoms with van der Waals surface area (Å²) in [5.74, 6) is -1.11. The number of pyridine rings is 1. The normalized spacial score (nSPS) is 27.1. The molecule has 9 heterocycles. The van der Waals surface area contributed by atoms with Crippen molar-refractivity contribution in [3.63, 3.8) is 0 Å². The molecule has 6 atom stereocenters. The molecule has 2 amide bonds. The van der Waals surface area contributed by atoms with Crippen molar-refractivity contribution >= 4 is 45.7 Å². The lowest BCUT2D eigenvalue weighted by Gasteiger charge is -2.42. The molecule has 4 aromatic rings. The third-order valence-corrected chi connectivity index (χ3v) is 17.2. The number of ether oxygens (including phenoxy) is 6. The van der Waals surface area contributed by atoms with Gasteiger partial charge in [-0.2, -0.15) is 0 Å². The molecule has 11 rings (SSSR count). The van der Waals surface area contributed by atoms with Gasteiger partial charge >= 0.3 is 5.97 Å². The zero-order valence-electron chi connectivity index (χ0n) is 43.9. The molecule has 5 saturated heterocycles. The van der Waals surface area contributed by atoms with E-state index < -0.39 is 35.6 Å². The number of carbonyl (C=O) groups excluding carboxylic acids is 3. The van der Waals surface area contributed by atoms with Gasteiger partial charge in [0.1, 0.15) is 23.2 Å². The molecular weight excluding hydrogens is 963 g/mol. The molecular formula is C55H75N9O9S. The molecule has 6 aliphatic heterocycles. The number of morpholine rings is 1. The standard InChI is InChI=1S/C55H75N9O9S/c1-34-27-46(73-34)51(65)58-48-50(62-19-24-70-25-20-62)52-57-44(32-74-52)36-8-11-45-40(28-36)42(30-55(3,4)33-72-54(67)43-7-6-14-64(59-43)53(48)66)49(63(45)21-26-71-39-12-22-69-23-13-39)41-29-38(31-56-47(41)35(2)68-5)61-17-15-60(16-18-61)37-9-10-37/h8,11,28-29,31-32,34-35,37,39,43,46,48,50,59H,6-7,9-10,12-27,30,33H2,1-5H3,(H,58,65)/t34-,35-,43-,46-,48-,50-/m0/s1. The number of rotatable bonds is 12. The van der Waals surface area contributed by atoms with Crippen molar-refractivity contribution in [2.75, 3.05) is 97.5 Å². The van der Waals surface area contributed by atoms with Gasteiger partial charge < -0.3 is 43.2 Å². The van der Waals surface area contributed by atoms with Crippen molar-refractivity contribution in [2.24, 2.45) is 5.41 Å². The van der Waals surface area contributed by atoms with Gasteiger partial charge in [-0.3, -0.25) is 34.2 Å². The molecule has 18 nitrogen and oxygen atoms in total. The van der Waals surface area contributed by atoms with Crippen LogP contribution in [0.4, 0.5) is 5.69 Å². The van der Waals surface area contributed by atoms with Crippen LogP contribution in [0.25, 0.3) is 33.4 Å². The summed E-state index contributed by atoms with van der Waals surface area (Å²) in [6.07, 6.45) is 7.63. The molecule has 1 saturated carbocycles. The van der Waals surface area contributed by atoms with Gasteiger partial charge in [-0.1, -0.05) is 19.9 Å². The lowest BCUT2D eigenvalue weighted by atomic mass is 9.84. The molecule has 1 aliphatic carbocycles. The number of hydrogen-bond donors (Lipinski definition) is 2. The van der Waals surface area contributed by atoms with Crippen LogP contribution in [0, 0.1) is 5.41 Å². The smallest absolute Gasteiger partial charge is 0.324 e. The van der Waals surface area contributed by atoms with Gasteiger partial charge in [0.2, 0.25) is 5.91 Å². The van der Waals surface area contributed by atoms with Crippen molar-refractivity contribution in [3.8, 4) is 22.5 Å². The highest BCUT2D eigenvalue weighted by atomic mass is 32.1. The molecule has 74 heavy (non-hydrogen) atoms. The van der Waals surface area contributed by atoms with E-state index in [0.717, 1.165) is 95.4 Å². The van der Waals surface area contributed by atoms with E-state index >= 15 is 4.79 Å². The van der Waals surface area contributed by atoms with Crippen LogP contribution in [0.1, 0.15) is 101 Å². The largest absolute Gasteiger partial charge is 0.464 e. The lowest BCUT2D eigenvalue weighted by molar-refractivity contribution is -0.163. The number of aromatic nitrogens is 3. The Morgan fingerprint density at radius 2 is 1.74 bits per heavy atom. The summed E-state index contributed by atoms with van der Waals surface area (Å²) in [4.78, 5) is 61.4. The van der Waals surface area contributed by atoms with Crippen molar-refractivity contribution in [3.05, 3.63) is 52.1 Å². The minimum absolute atomic E-state index is 0.0457. The number of fused-ring (bicyclic) bond motifs is 6. The number of piperazine rings is 1. The number of hydrogen-bond acceptors (Lipinski definition) is 16. The van der Waals surface area contributed by atoms with E-state index in [2.05, 4.69) is 80.4 Å². The van der Waals surface area contributed by atoms with Crippen LogP contribution in [0.3, 0.4) is 0 Å². The van der Waals surface area contributed by atoms with Crippen LogP contribution in [-0.2, 0) is 55.8 Å². The summed E-state index contributed by atoms with van der Waals surface area (Å²) < 4.78 is 38.9. The van der Waals surface area contributed by atoms with E-state index in [4.69, 9.17) is 38.4 Å². The summed E-state index contributed by atoms with van der Waals surface area (Å²) in [6, 6.07) is 7.20. The summed E-state index contributed by atoms with van der Waals surface area (Å²) in [5, 5.41) is 8.48. The first kappa shape index (κ1) is 51.5. The van der Waals surface area contributed by atoms with Crippen LogP contribution in [0.2, 0.25) is 0 Å². The molecule has 1 aromatic carbocycles. The highest BCUT2D eigenvalue weighted by Gasteiger charge is 2.45. The second-order valence-electron chi connectivity index (χ2n) is 22.2. The van der Waals surface area contributed by atoms with Crippen molar-refractivity contribution in [1.82, 2.24) is 40.1 Å². The highest BCUT2D eigenvalue weighted by Crippen LogP contribution is 2.44. The van der Waals surface area contributed by atoms with Gasteiger partial charge in [0.15, 0.2) is 0 Å². The molecule has 0 radical (unpaired) electrons. The van der Waals surface area contributed by atoms with Gasteiger partial charge in [0.25, 0.3) is 5.91 Å². The molecule has 0 spiro atoms. The van der Waals surface area contributed by atoms with Gasteiger partial charge in [-0.05, 0) is 82.6 Å². The van der Waals surface area contributed by atoms with Crippen LogP contribution in [-0.4, -0.2) is 176 Å². The predicted octanol–water partition coefficient (Wildman–Crippen LogP) is 5.67. The number of benzene rings is 1. The number of esters is 1. The van der Waals surface area contributed by atoms with Crippen molar-refractivity contribution in [2.45, 2.75) is 134 Å². The fourth-order valence-electron chi connectivity index (χ4n) is 11.9. The number of methoxy groups -OCH3 is 1. The summed E-state index contributed by atoms with van der Waals surface area (Å²) in [6.45, 7) is 17.2. The average Bonchev–Trinajstić information content (AvgIpc) is 4.09. The number of cyclic esters (lactones) is 1. The molecule has 19 heteroatoms.